The number of phenolic OH excluding ortho intramolecular Hbond substituents is 1. The molecule has 1 rings (SSSR count). The molecular weight excluding hydrogens is 218 g/mol. The number of aliphatic carboxylic acids is 1. The zero-order valence-electron chi connectivity index (χ0n) is 10.3. The lowest BCUT2D eigenvalue weighted by atomic mass is 10.1. The van der Waals surface area contributed by atoms with Gasteiger partial charge in [0.1, 0.15) is 5.75 Å². The van der Waals surface area contributed by atoms with Crippen molar-refractivity contribution >= 4 is 5.97 Å². The lowest BCUT2D eigenvalue weighted by Crippen LogP contribution is -2.31. The molecule has 4 nitrogen and oxygen atoms in total. The molecule has 0 aliphatic carbocycles. The number of hydrogen-bond acceptors (Lipinski definition) is 3. The van der Waals surface area contributed by atoms with Gasteiger partial charge in [-0.25, -0.2) is 0 Å². The summed E-state index contributed by atoms with van der Waals surface area (Å²) in [6.45, 7) is 5.48. The van der Waals surface area contributed by atoms with Crippen LogP contribution >= 0.6 is 0 Å². The molecule has 2 N–H and O–H groups in total. The summed E-state index contributed by atoms with van der Waals surface area (Å²) in [6.07, 6.45) is 0. The normalized spacial score (nSPS) is 12.6. The van der Waals surface area contributed by atoms with E-state index in [2.05, 4.69) is 0 Å². The fourth-order valence-electron chi connectivity index (χ4n) is 1.66. The summed E-state index contributed by atoms with van der Waals surface area (Å²) in [6, 6.07) is 7.13. The topological polar surface area (TPSA) is 60.8 Å². The number of phenols is 1. The molecule has 1 aromatic rings. The minimum Gasteiger partial charge on any atom is -0.508 e. The molecule has 0 fully saturated rings. The van der Waals surface area contributed by atoms with Gasteiger partial charge in [0.2, 0.25) is 0 Å². The molecule has 0 aromatic heterocycles. The Bertz CT molecular complexity index is 379. The fraction of sp³-hybridized carbons (Fsp3) is 0.462. The third-order valence-electron chi connectivity index (χ3n) is 2.79. The third kappa shape index (κ3) is 4.07. The summed E-state index contributed by atoms with van der Waals surface area (Å²) in [5.74, 6) is -0.935. The Morgan fingerprint density at radius 3 is 2.59 bits per heavy atom. The van der Waals surface area contributed by atoms with E-state index in [9.17, 15) is 9.90 Å². The molecule has 0 heterocycles. The molecular formula is C13H19NO3. The van der Waals surface area contributed by atoms with Crippen molar-refractivity contribution in [1.29, 1.82) is 0 Å². The van der Waals surface area contributed by atoms with Crippen molar-refractivity contribution in [2.45, 2.75) is 20.4 Å². The largest absolute Gasteiger partial charge is 0.508 e. The number of carbonyl (C=O) groups is 1. The fourth-order valence-corrected chi connectivity index (χ4v) is 1.66. The van der Waals surface area contributed by atoms with E-state index in [1.54, 1.807) is 19.1 Å². The van der Waals surface area contributed by atoms with Gasteiger partial charge in [-0.1, -0.05) is 32.0 Å². The Morgan fingerprint density at radius 2 is 2.06 bits per heavy atom. The minimum absolute atomic E-state index is 0.258. The van der Waals surface area contributed by atoms with Gasteiger partial charge < -0.3 is 10.2 Å². The predicted molar refractivity (Wildman–Crippen MR) is 65.9 cm³/mol. The van der Waals surface area contributed by atoms with Gasteiger partial charge in [-0.2, -0.15) is 0 Å². The Morgan fingerprint density at radius 1 is 1.41 bits per heavy atom. The van der Waals surface area contributed by atoms with Crippen molar-refractivity contribution in [2.75, 3.05) is 13.1 Å². The van der Waals surface area contributed by atoms with Crippen molar-refractivity contribution in [3.63, 3.8) is 0 Å². The second-order valence-corrected chi connectivity index (χ2v) is 4.20. The molecule has 0 aliphatic rings. The van der Waals surface area contributed by atoms with Gasteiger partial charge >= 0.3 is 5.97 Å². The van der Waals surface area contributed by atoms with Crippen LogP contribution in [-0.2, 0) is 11.3 Å². The Kier molecular flexibility index (Phi) is 4.97. The summed E-state index contributed by atoms with van der Waals surface area (Å²) in [7, 11) is 0. The zero-order chi connectivity index (χ0) is 12.8. The van der Waals surface area contributed by atoms with E-state index in [4.69, 9.17) is 5.11 Å². The maximum atomic E-state index is 10.8. The van der Waals surface area contributed by atoms with Crippen LogP contribution in [0.3, 0.4) is 0 Å². The Hall–Kier alpha value is -1.55. The number of benzene rings is 1. The monoisotopic (exact) mass is 237 g/mol. The molecule has 1 atom stereocenters. The SMILES string of the molecule is CCN(Cc1ccccc1O)CC(C)C(=O)O. The maximum Gasteiger partial charge on any atom is 0.307 e. The third-order valence-corrected chi connectivity index (χ3v) is 2.79. The van der Waals surface area contributed by atoms with Gasteiger partial charge in [-0.3, -0.25) is 9.69 Å². The highest BCUT2D eigenvalue weighted by molar-refractivity contribution is 5.69. The highest BCUT2D eigenvalue weighted by Gasteiger charge is 2.15. The minimum atomic E-state index is -0.791. The smallest absolute Gasteiger partial charge is 0.307 e. The number of nitrogens with zero attached hydrogens (tertiary/aromatic N) is 1. The average Bonchev–Trinajstić information content (AvgIpc) is 2.30. The van der Waals surface area contributed by atoms with Crippen molar-refractivity contribution in [2.24, 2.45) is 5.92 Å². The molecule has 17 heavy (non-hydrogen) atoms. The van der Waals surface area contributed by atoms with E-state index < -0.39 is 11.9 Å². The first-order valence-electron chi connectivity index (χ1n) is 5.76. The first kappa shape index (κ1) is 13.5. The highest BCUT2D eigenvalue weighted by Crippen LogP contribution is 2.18. The number of rotatable bonds is 6. The van der Waals surface area contributed by atoms with Crippen LogP contribution in [0, 0.1) is 5.92 Å². The average molecular weight is 237 g/mol. The molecule has 0 saturated heterocycles. The number of carboxylic acids is 1. The molecule has 0 amide bonds. The summed E-state index contributed by atoms with van der Waals surface area (Å²) in [4.78, 5) is 12.8. The second kappa shape index (κ2) is 6.25. The summed E-state index contributed by atoms with van der Waals surface area (Å²) in [5.41, 5.74) is 0.826. The maximum absolute atomic E-state index is 10.8. The van der Waals surface area contributed by atoms with E-state index in [0.29, 0.717) is 13.1 Å². The molecule has 0 radical (unpaired) electrons. The molecule has 4 heteroatoms. The van der Waals surface area contributed by atoms with Gasteiger partial charge in [-0.05, 0) is 12.6 Å². The number of aromatic hydroxyl groups is 1. The van der Waals surface area contributed by atoms with E-state index in [1.165, 1.54) is 0 Å². The Labute approximate surface area is 101 Å². The van der Waals surface area contributed by atoms with Crippen LogP contribution in [0.5, 0.6) is 5.75 Å². The van der Waals surface area contributed by atoms with Crippen molar-refractivity contribution in [1.82, 2.24) is 4.90 Å². The van der Waals surface area contributed by atoms with Crippen LogP contribution in [0.1, 0.15) is 19.4 Å². The molecule has 94 valence electrons. The van der Waals surface area contributed by atoms with E-state index >= 15 is 0 Å². The van der Waals surface area contributed by atoms with Crippen molar-refractivity contribution < 1.29 is 15.0 Å². The number of carboxylic acid groups (broad SMARTS) is 1. The van der Waals surface area contributed by atoms with Crippen LogP contribution < -0.4 is 0 Å². The first-order chi connectivity index (χ1) is 8.04. The van der Waals surface area contributed by atoms with Gasteiger partial charge in [-0.15, -0.1) is 0 Å². The Balaban J connectivity index is 2.64. The van der Waals surface area contributed by atoms with Gasteiger partial charge in [0.05, 0.1) is 5.92 Å². The van der Waals surface area contributed by atoms with E-state index in [0.717, 1.165) is 12.1 Å². The summed E-state index contributed by atoms with van der Waals surface area (Å²) >= 11 is 0. The first-order valence-corrected chi connectivity index (χ1v) is 5.76. The van der Waals surface area contributed by atoms with E-state index in [1.807, 2.05) is 24.0 Å². The molecule has 0 aliphatic heterocycles. The van der Waals surface area contributed by atoms with Crippen LogP contribution in [-0.4, -0.2) is 34.2 Å². The lowest BCUT2D eigenvalue weighted by Gasteiger charge is -2.22. The molecule has 1 unspecified atom stereocenters. The van der Waals surface area contributed by atoms with Crippen LogP contribution in [0.2, 0.25) is 0 Å². The molecule has 0 spiro atoms. The second-order valence-electron chi connectivity index (χ2n) is 4.20. The van der Waals surface area contributed by atoms with Gasteiger partial charge in [0.15, 0.2) is 0 Å². The number of para-hydroxylation sites is 1. The molecule has 1 aromatic carbocycles. The van der Waals surface area contributed by atoms with Crippen molar-refractivity contribution in [3.8, 4) is 5.75 Å². The quantitative estimate of drug-likeness (QED) is 0.793. The van der Waals surface area contributed by atoms with Crippen molar-refractivity contribution in [3.05, 3.63) is 29.8 Å². The summed E-state index contributed by atoms with van der Waals surface area (Å²) < 4.78 is 0. The molecule has 0 saturated carbocycles. The highest BCUT2D eigenvalue weighted by atomic mass is 16.4. The van der Waals surface area contributed by atoms with Crippen LogP contribution in [0.25, 0.3) is 0 Å². The zero-order valence-corrected chi connectivity index (χ0v) is 10.3. The molecule has 0 bridgehead atoms. The lowest BCUT2D eigenvalue weighted by molar-refractivity contribution is -0.141. The standard InChI is InChI=1S/C13H19NO3/c1-3-14(8-10(2)13(16)17)9-11-6-4-5-7-12(11)15/h4-7,10,15H,3,8-9H2,1-2H3,(H,16,17). The summed E-state index contributed by atoms with van der Waals surface area (Å²) in [5, 5.41) is 18.5. The van der Waals surface area contributed by atoms with Crippen LogP contribution in [0.4, 0.5) is 0 Å². The number of hydrogen-bond donors (Lipinski definition) is 2. The van der Waals surface area contributed by atoms with Gasteiger partial charge in [0, 0.05) is 18.7 Å². The predicted octanol–water partition coefficient (Wildman–Crippen LogP) is 1.93. The van der Waals surface area contributed by atoms with Gasteiger partial charge in [0.25, 0.3) is 0 Å². The van der Waals surface area contributed by atoms with Crippen LogP contribution in [0.15, 0.2) is 24.3 Å². The van der Waals surface area contributed by atoms with E-state index in [-0.39, 0.29) is 5.75 Å².